The molecule has 168 valence electrons. The van der Waals surface area contributed by atoms with Crippen LogP contribution in [0, 0.1) is 0 Å². The maximum atomic E-state index is 12.8. The molecule has 0 unspecified atom stereocenters. The number of carbonyl (C=O) groups is 1. The fraction of sp³-hybridized carbons (Fsp3) is 0.318. The van der Waals surface area contributed by atoms with Crippen molar-refractivity contribution in [2.45, 2.75) is 38.1 Å². The number of ether oxygens (including phenoxy) is 1. The Balaban J connectivity index is 1.45. The third kappa shape index (κ3) is 4.66. The third-order valence-corrected chi connectivity index (χ3v) is 6.56. The molecule has 0 radical (unpaired) electrons. The lowest BCUT2D eigenvalue weighted by Crippen LogP contribution is -2.33. The molecule has 0 aliphatic carbocycles. The summed E-state index contributed by atoms with van der Waals surface area (Å²) in [6.45, 7) is 4.49. The highest BCUT2D eigenvalue weighted by molar-refractivity contribution is 7.89. The number of fused-ring (bicyclic) bond motifs is 1. The summed E-state index contributed by atoms with van der Waals surface area (Å²) in [6.07, 6.45) is 1.51. The normalized spacial score (nSPS) is 13.6. The molecular formula is C22H24N4O5S. The van der Waals surface area contributed by atoms with Gasteiger partial charge >= 0.3 is 0 Å². The molecule has 32 heavy (non-hydrogen) atoms. The van der Waals surface area contributed by atoms with Gasteiger partial charge in [-0.1, -0.05) is 5.16 Å². The Morgan fingerprint density at radius 1 is 1.22 bits per heavy atom. The van der Waals surface area contributed by atoms with Crippen molar-refractivity contribution in [3.05, 3.63) is 53.9 Å². The SMILES string of the molecule is CCOc1ccc(-c2noc(CNS(=O)(=O)c3ccc4c(c3)CCCN4C(C)=O)n2)cc1. The quantitative estimate of drug-likeness (QED) is 0.581. The summed E-state index contributed by atoms with van der Waals surface area (Å²) in [5.74, 6) is 1.20. The van der Waals surface area contributed by atoms with Crippen molar-refractivity contribution in [1.82, 2.24) is 14.9 Å². The van der Waals surface area contributed by atoms with Gasteiger partial charge in [-0.05, 0) is 67.8 Å². The third-order valence-electron chi connectivity index (χ3n) is 5.17. The van der Waals surface area contributed by atoms with Crippen LogP contribution in [0.15, 0.2) is 51.9 Å². The number of anilines is 1. The van der Waals surface area contributed by atoms with Crippen LogP contribution in [0.3, 0.4) is 0 Å². The van der Waals surface area contributed by atoms with E-state index in [9.17, 15) is 13.2 Å². The smallest absolute Gasteiger partial charge is 0.242 e. The van der Waals surface area contributed by atoms with Gasteiger partial charge in [-0.25, -0.2) is 13.1 Å². The van der Waals surface area contributed by atoms with Gasteiger partial charge in [0.2, 0.25) is 27.6 Å². The summed E-state index contributed by atoms with van der Waals surface area (Å²) >= 11 is 0. The minimum Gasteiger partial charge on any atom is -0.494 e. The first-order valence-electron chi connectivity index (χ1n) is 10.3. The van der Waals surface area contributed by atoms with Crippen LogP contribution in [-0.2, 0) is 27.8 Å². The highest BCUT2D eigenvalue weighted by atomic mass is 32.2. The average Bonchev–Trinajstić information content (AvgIpc) is 3.27. The molecule has 1 aliphatic rings. The largest absolute Gasteiger partial charge is 0.494 e. The number of hydrogen-bond donors (Lipinski definition) is 1. The Morgan fingerprint density at radius 3 is 2.72 bits per heavy atom. The van der Waals surface area contributed by atoms with E-state index in [1.165, 1.54) is 13.0 Å². The molecule has 0 spiro atoms. The lowest BCUT2D eigenvalue weighted by molar-refractivity contribution is -0.116. The van der Waals surface area contributed by atoms with Crippen molar-refractivity contribution < 1.29 is 22.5 Å². The van der Waals surface area contributed by atoms with Crippen LogP contribution in [0.2, 0.25) is 0 Å². The van der Waals surface area contributed by atoms with E-state index in [1.807, 2.05) is 6.92 Å². The number of nitrogens with zero attached hydrogens (tertiary/aromatic N) is 3. The highest BCUT2D eigenvalue weighted by Crippen LogP contribution is 2.29. The number of carbonyl (C=O) groups excluding carboxylic acids is 1. The van der Waals surface area contributed by atoms with Gasteiger partial charge in [-0.15, -0.1) is 0 Å². The molecule has 1 amide bonds. The molecule has 4 rings (SSSR count). The topological polar surface area (TPSA) is 115 Å². The van der Waals surface area contributed by atoms with E-state index in [2.05, 4.69) is 14.9 Å². The van der Waals surface area contributed by atoms with Gasteiger partial charge in [0.15, 0.2) is 0 Å². The van der Waals surface area contributed by atoms with Gasteiger partial charge < -0.3 is 14.2 Å². The van der Waals surface area contributed by atoms with E-state index in [-0.39, 0.29) is 23.2 Å². The molecule has 2 heterocycles. The molecule has 0 fully saturated rings. The second kappa shape index (κ2) is 9.09. The number of rotatable bonds is 7. The monoisotopic (exact) mass is 456 g/mol. The van der Waals surface area contributed by atoms with E-state index >= 15 is 0 Å². The zero-order chi connectivity index (χ0) is 22.7. The molecule has 3 aromatic rings. The predicted octanol–water partition coefficient (Wildman–Crippen LogP) is 2.91. The van der Waals surface area contributed by atoms with Crippen molar-refractivity contribution in [3.8, 4) is 17.1 Å². The summed E-state index contributed by atoms with van der Waals surface area (Å²) in [5, 5.41) is 3.92. The molecule has 0 bridgehead atoms. The molecule has 0 atom stereocenters. The van der Waals surface area contributed by atoms with E-state index in [0.717, 1.165) is 35.4 Å². The highest BCUT2D eigenvalue weighted by Gasteiger charge is 2.23. The lowest BCUT2D eigenvalue weighted by Gasteiger charge is -2.28. The Morgan fingerprint density at radius 2 is 2.00 bits per heavy atom. The van der Waals surface area contributed by atoms with Crippen LogP contribution in [0.25, 0.3) is 11.4 Å². The van der Waals surface area contributed by atoms with E-state index in [0.29, 0.717) is 19.0 Å². The van der Waals surface area contributed by atoms with E-state index in [1.54, 1.807) is 41.3 Å². The summed E-state index contributed by atoms with van der Waals surface area (Å²) in [7, 11) is -3.79. The van der Waals surface area contributed by atoms with Gasteiger partial charge in [0.1, 0.15) is 5.75 Å². The Labute approximate surface area is 186 Å². The van der Waals surface area contributed by atoms with Gasteiger partial charge in [0, 0.05) is 24.7 Å². The average molecular weight is 457 g/mol. The standard InChI is InChI=1S/C22H24N4O5S/c1-3-30-18-8-6-16(7-9-18)22-24-21(31-25-22)14-23-32(28,29)19-10-11-20-17(13-19)5-4-12-26(20)15(2)27/h6-11,13,23H,3-5,12,14H2,1-2H3. The maximum Gasteiger partial charge on any atom is 0.242 e. The second-order valence-corrected chi connectivity index (χ2v) is 9.13. The van der Waals surface area contributed by atoms with Gasteiger partial charge in [-0.2, -0.15) is 4.98 Å². The van der Waals surface area contributed by atoms with Crippen molar-refractivity contribution in [2.75, 3.05) is 18.1 Å². The molecule has 1 aliphatic heterocycles. The van der Waals surface area contributed by atoms with Gasteiger partial charge in [-0.3, -0.25) is 4.79 Å². The van der Waals surface area contributed by atoms with Crippen molar-refractivity contribution in [1.29, 1.82) is 0 Å². The Kier molecular flexibility index (Phi) is 6.24. The molecular weight excluding hydrogens is 432 g/mol. The lowest BCUT2D eigenvalue weighted by atomic mass is 10.0. The molecule has 9 nitrogen and oxygen atoms in total. The first-order valence-corrected chi connectivity index (χ1v) is 11.8. The van der Waals surface area contributed by atoms with Crippen LogP contribution in [0.4, 0.5) is 5.69 Å². The number of hydrogen-bond acceptors (Lipinski definition) is 7. The second-order valence-electron chi connectivity index (χ2n) is 7.36. The summed E-state index contributed by atoms with van der Waals surface area (Å²) in [4.78, 5) is 17.9. The van der Waals surface area contributed by atoms with Crippen LogP contribution in [-0.4, -0.2) is 37.6 Å². The minimum atomic E-state index is -3.79. The van der Waals surface area contributed by atoms with Gasteiger partial charge in [0.05, 0.1) is 18.0 Å². The fourth-order valence-corrected chi connectivity index (χ4v) is 4.64. The number of aromatic nitrogens is 2. The van der Waals surface area contributed by atoms with Crippen molar-refractivity contribution in [2.24, 2.45) is 0 Å². The zero-order valence-corrected chi connectivity index (χ0v) is 18.7. The number of aryl methyl sites for hydroxylation is 1. The maximum absolute atomic E-state index is 12.8. The van der Waals surface area contributed by atoms with Crippen LogP contribution in [0.1, 0.15) is 31.7 Å². The first kappa shape index (κ1) is 22.0. The number of nitrogens with one attached hydrogen (secondary N) is 1. The van der Waals surface area contributed by atoms with Crippen LogP contribution < -0.4 is 14.4 Å². The Hall–Kier alpha value is -3.24. The summed E-state index contributed by atoms with van der Waals surface area (Å²) in [6, 6.07) is 12.0. The molecule has 2 aromatic carbocycles. The van der Waals surface area contributed by atoms with E-state index < -0.39 is 10.0 Å². The van der Waals surface area contributed by atoms with Gasteiger partial charge in [0.25, 0.3) is 0 Å². The number of amides is 1. The summed E-state index contributed by atoms with van der Waals surface area (Å²) < 4.78 is 38.7. The molecule has 1 aromatic heterocycles. The number of benzene rings is 2. The van der Waals surface area contributed by atoms with Crippen LogP contribution in [0.5, 0.6) is 5.75 Å². The number of sulfonamides is 1. The summed E-state index contributed by atoms with van der Waals surface area (Å²) in [5.41, 5.74) is 2.33. The molecule has 1 N–H and O–H groups in total. The molecule has 0 saturated carbocycles. The first-order chi connectivity index (χ1) is 15.4. The van der Waals surface area contributed by atoms with Crippen molar-refractivity contribution >= 4 is 21.6 Å². The molecule has 10 heteroatoms. The fourth-order valence-electron chi connectivity index (χ4n) is 3.62. The zero-order valence-electron chi connectivity index (χ0n) is 17.9. The predicted molar refractivity (Wildman–Crippen MR) is 118 cm³/mol. The Bertz CT molecular complexity index is 1220. The van der Waals surface area contributed by atoms with Crippen molar-refractivity contribution in [3.63, 3.8) is 0 Å². The minimum absolute atomic E-state index is 0.0561. The van der Waals surface area contributed by atoms with E-state index in [4.69, 9.17) is 9.26 Å². The van der Waals surface area contributed by atoms with Crippen LogP contribution >= 0.6 is 0 Å². The molecule has 0 saturated heterocycles.